The Labute approximate surface area is 121 Å². The summed E-state index contributed by atoms with van der Waals surface area (Å²) in [7, 11) is -4.05. The average molecular weight is 330 g/mol. The summed E-state index contributed by atoms with van der Waals surface area (Å²) in [6.45, 7) is 3.96. The average Bonchev–Trinajstić information content (AvgIpc) is 2.26. The number of nitrogens with one attached hydrogen (secondary N) is 1. The van der Waals surface area contributed by atoms with E-state index >= 15 is 0 Å². The lowest BCUT2D eigenvalue weighted by atomic mass is 10.1. The fourth-order valence-electron chi connectivity index (χ4n) is 1.45. The minimum atomic E-state index is -4.62. The van der Waals surface area contributed by atoms with Gasteiger partial charge in [0.05, 0.1) is 10.6 Å². The zero-order chi connectivity index (χ0) is 15.6. The van der Waals surface area contributed by atoms with Gasteiger partial charge in [-0.1, -0.05) is 25.4 Å². The first-order valence-corrected chi connectivity index (χ1v) is 7.76. The van der Waals surface area contributed by atoms with Crippen LogP contribution in [-0.2, 0) is 16.2 Å². The van der Waals surface area contributed by atoms with Crippen LogP contribution in [0.25, 0.3) is 0 Å². The maximum Gasteiger partial charge on any atom is 0.416 e. The first-order chi connectivity index (χ1) is 9.04. The quantitative estimate of drug-likeness (QED) is 0.895. The van der Waals surface area contributed by atoms with Crippen LogP contribution in [0.15, 0.2) is 23.1 Å². The molecule has 0 atom stereocenters. The van der Waals surface area contributed by atoms with Crippen LogP contribution in [0.5, 0.6) is 0 Å². The van der Waals surface area contributed by atoms with Crippen LogP contribution < -0.4 is 4.72 Å². The topological polar surface area (TPSA) is 46.2 Å². The van der Waals surface area contributed by atoms with Crippen LogP contribution in [0.4, 0.5) is 13.2 Å². The number of hydrogen-bond acceptors (Lipinski definition) is 2. The molecule has 0 saturated heterocycles. The van der Waals surface area contributed by atoms with Gasteiger partial charge in [-0.3, -0.25) is 0 Å². The van der Waals surface area contributed by atoms with E-state index in [1.54, 1.807) is 0 Å². The van der Waals surface area contributed by atoms with Crippen LogP contribution in [0, 0.1) is 5.92 Å². The van der Waals surface area contributed by atoms with Gasteiger partial charge in [-0.15, -0.1) is 0 Å². The summed E-state index contributed by atoms with van der Waals surface area (Å²) in [5.74, 6) is 0.273. The van der Waals surface area contributed by atoms with Gasteiger partial charge >= 0.3 is 6.18 Å². The minimum absolute atomic E-state index is 0.145. The molecule has 0 heterocycles. The van der Waals surface area contributed by atoms with Crippen molar-refractivity contribution in [3.63, 3.8) is 0 Å². The molecule has 8 heteroatoms. The van der Waals surface area contributed by atoms with Crippen LogP contribution in [0.1, 0.15) is 25.8 Å². The normalized spacial score (nSPS) is 12.9. The van der Waals surface area contributed by atoms with Crippen molar-refractivity contribution >= 4 is 21.6 Å². The predicted molar refractivity (Wildman–Crippen MR) is 71.1 cm³/mol. The highest BCUT2D eigenvalue weighted by Crippen LogP contribution is 2.33. The summed E-state index contributed by atoms with van der Waals surface area (Å²) in [5, 5.41) is -0.241. The largest absolute Gasteiger partial charge is 0.416 e. The molecule has 3 nitrogen and oxygen atoms in total. The molecule has 0 amide bonds. The lowest BCUT2D eigenvalue weighted by molar-refractivity contribution is -0.137. The lowest BCUT2D eigenvalue weighted by Crippen LogP contribution is -2.26. The Bertz CT molecular complexity index is 571. The summed E-state index contributed by atoms with van der Waals surface area (Å²) in [6.07, 6.45) is -4.04. The molecule has 0 spiro atoms. The molecule has 0 aliphatic carbocycles. The van der Waals surface area contributed by atoms with Crippen molar-refractivity contribution in [2.24, 2.45) is 5.92 Å². The van der Waals surface area contributed by atoms with Crippen molar-refractivity contribution in [3.05, 3.63) is 28.8 Å². The molecule has 1 aromatic rings. The molecule has 0 saturated carbocycles. The van der Waals surface area contributed by atoms with E-state index in [4.69, 9.17) is 11.6 Å². The minimum Gasteiger partial charge on any atom is -0.211 e. The third-order valence-corrected chi connectivity index (χ3v) is 4.50. The van der Waals surface area contributed by atoms with Crippen molar-refractivity contribution < 1.29 is 21.6 Å². The second kappa shape index (κ2) is 6.32. The molecule has 0 fully saturated rings. The molecule has 0 radical (unpaired) electrons. The van der Waals surface area contributed by atoms with Crippen molar-refractivity contribution in [3.8, 4) is 0 Å². The summed E-state index contributed by atoms with van der Waals surface area (Å²) in [6, 6.07) is 2.22. The molecule has 0 bridgehead atoms. The summed E-state index contributed by atoms with van der Waals surface area (Å²) < 4.78 is 63.9. The molecule has 114 valence electrons. The highest BCUT2D eigenvalue weighted by molar-refractivity contribution is 7.89. The van der Waals surface area contributed by atoms with Crippen LogP contribution >= 0.6 is 11.6 Å². The van der Waals surface area contributed by atoms with E-state index in [0.717, 1.165) is 12.1 Å². The SMILES string of the molecule is CC(C)CCNS(=O)(=O)c1cc(C(F)(F)F)ccc1Cl. The van der Waals surface area contributed by atoms with E-state index in [0.29, 0.717) is 12.5 Å². The second-order valence-electron chi connectivity index (χ2n) is 4.72. The Kier molecular flexibility index (Phi) is 5.46. The number of hydrogen-bond donors (Lipinski definition) is 1. The first-order valence-electron chi connectivity index (χ1n) is 5.90. The molecule has 0 aliphatic heterocycles. The molecule has 0 aliphatic rings. The third-order valence-electron chi connectivity index (χ3n) is 2.56. The van der Waals surface area contributed by atoms with Gasteiger partial charge < -0.3 is 0 Å². The van der Waals surface area contributed by atoms with E-state index in [9.17, 15) is 21.6 Å². The molecule has 20 heavy (non-hydrogen) atoms. The lowest BCUT2D eigenvalue weighted by Gasteiger charge is -2.12. The highest BCUT2D eigenvalue weighted by atomic mass is 35.5. The van der Waals surface area contributed by atoms with Crippen molar-refractivity contribution in [2.75, 3.05) is 6.54 Å². The van der Waals surface area contributed by atoms with Gasteiger partial charge in [0, 0.05) is 6.54 Å². The van der Waals surface area contributed by atoms with Crippen molar-refractivity contribution in [1.82, 2.24) is 4.72 Å². The van der Waals surface area contributed by atoms with Gasteiger partial charge in [0.1, 0.15) is 4.90 Å². The van der Waals surface area contributed by atoms with Gasteiger partial charge in [0.2, 0.25) is 10.0 Å². The molecule has 1 aromatic carbocycles. The van der Waals surface area contributed by atoms with Crippen molar-refractivity contribution in [1.29, 1.82) is 0 Å². The predicted octanol–water partition coefficient (Wildman–Crippen LogP) is 3.68. The standard InChI is InChI=1S/C12H15ClF3NO2S/c1-8(2)5-6-17-20(18,19)11-7-9(12(14,15)16)3-4-10(11)13/h3-4,7-8,17H,5-6H2,1-2H3. The smallest absolute Gasteiger partial charge is 0.211 e. The Morgan fingerprint density at radius 2 is 1.90 bits per heavy atom. The van der Waals surface area contributed by atoms with E-state index in [1.807, 2.05) is 13.8 Å². The summed E-state index contributed by atoms with van der Waals surface area (Å²) in [5.41, 5.74) is -1.05. The van der Waals surface area contributed by atoms with E-state index in [1.165, 1.54) is 0 Å². The number of sulfonamides is 1. The molecule has 0 aromatic heterocycles. The van der Waals surface area contributed by atoms with Gasteiger partial charge in [0.15, 0.2) is 0 Å². The Hall–Kier alpha value is -0.790. The molecule has 1 rings (SSSR count). The first kappa shape index (κ1) is 17.3. The Morgan fingerprint density at radius 1 is 1.30 bits per heavy atom. The fourth-order valence-corrected chi connectivity index (χ4v) is 3.02. The van der Waals surface area contributed by atoms with Crippen LogP contribution in [-0.4, -0.2) is 15.0 Å². The number of benzene rings is 1. The Morgan fingerprint density at radius 3 is 2.40 bits per heavy atom. The Balaban J connectivity index is 3.05. The van der Waals surface area contributed by atoms with Gasteiger partial charge in [-0.05, 0) is 30.5 Å². The highest BCUT2D eigenvalue weighted by Gasteiger charge is 2.32. The van der Waals surface area contributed by atoms with E-state index in [2.05, 4.69) is 4.72 Å². The van der Waals surface area contributed by atoms with E-state index < -0.39 is 26.7 Å². The van der Waals surface area contributed by atoms with Crippen LogP contribution in [0.3, 0.4) is 0 Å². The maximum atomic E-state index is 12.6. The van der Waals surface area contributed by atoms with Crippen LogP contribution in [0.2, 0.25) is 5.02 Å². The third kappa shape index (κ3) is 4.64. The number of halogens is 4. The van der Waals surface area contributed by atoms with Gasteiger partial charge in [-0.25, -0.2) is 13.1 Å². The molecular formula is C12H15ClF3NO2S. The zero-order valence-electron chi connectivity index (χ0n) is 11.0. The number of rotatable bonds is 5. The van der Waals surface area contributed by atoms with Crippen molar-refractivity contribution in [2.45, 2.75) is 31.3 Å². The number of alkyl halides is 3. The maximum absolute atomic E-state index is 12.6. The second-order valence-corrected chi connectivity index (χ2v) is 6.87. The van der Waals surface area contributed by atoms with Gasteiger partial charge in [-0.2, -0.15) is 13.2 Å². The summed E-state index contributed by atoms with van der Waals surface area (Å²) in [4.78, 5) is -0.558. The zero-order valence-corrected chi connectivity index (χ0v) is 12.5. The fraction of sp³-hybridized carbons (Fsp3) is 0.500. The van der Waals surface area contributed by atoms with E-state index in [-0.39, 0.29) is 17.5 Å². The summed E-state index contributed by atoms with van der Waals surface area (Å²) >= 11 is 5.69. The van der Waals surface area contributed by atoms with Gasteiger partial charge in [0.25, 0.3) is 0 Å². The monoisotopic (exact) mass is 329 g/mol. The molecule has 0 unspecified atom stereocenters. The molecular weight excluding hydrogens is 315 g/mol. The molecule has 1 N–H and O–H groups in total.